The van der Waals surface area contributed by atoms with Crippen LogP contribution < -0.4 is 4.72 Å². The molecular formula is C22H17F6NO3S2. The molecule has 0 aliphatic heterocycles. The molecule has 2 aromatic carbocycles. The van der Waals surface area contributed by atoms with Crippen molar-refractivity contribution in [1.29, 1.82) is 0 Å². The molecule has 0 bridgehead atoms. The molecule has 1 N–H and O–H groups in total. The van der Waals surface area contributed by atoms with E-state index in [2.05, 4.69) is 0 Å². The van der Waals surface area contributed by atoms with Crippen molar-refractivity contribution in [3.05, 3.63) is 76.0 Å². The molecule has 0 atom stereocenters. The van der Waals surface area contributed by atoms with Gasteiger partial charge in [-0.2, -0.15) is 37.7 Å². The minimum absolute atomic E-state index is 0.132. The highest BCUT2D eigenvalue weighted by atomic mass is 32.2. The van der Waals surface area contributed by atoms with Crippen molar-refractivity contribution in [3.8, 4) is 11.1 Å². The fourth-order valence-electron chi connectivity index (χ4n) is 3.20. The van der Waals surface area contributed by atoms with Gasteiger partial charge in [0.1, 0.15) is 12.3 Å². The molecule has 3 aromatic rings. The first kappa shape index (κ1) is 25.9. The Kier molecular flexibility index (Phi) is 7.53. The summed E-state index contributed by atoms with van der Waals surface area (Å²) in [7, 11) is -4.52. The van der Waals surface area contributed by atoms with Gasteiger partial charge in [0.15, 0.2) is 0 Å². The average Bonchev–Trinajstić information content (AvgIpc) is 3.26. The standard InChI is InChI=1S/C22H17F6NO3S2/c23-21(24,25)13-29-34(31,32)19-4-5-20(15-6-7-33-12-15)16(11-19)10-18(30)9-14-2-1-3-17(8-14)22(26,27)28/h1-8,11-12,29H,9-10,13H2. The number of halogens is 6. The number of Topliss-reactive ketones (excluding diaryl/α,β-unsaturated/α-hetero) is 1. The van der Waals surface area contributed by atoms with Gasteiger partial charge < -0.3 is 0 Å². The van der Waals surface area contributed by atoms with E-state index in [0.717, 1.165) is 24.3 Å². The van der Waals surface area contributed by atoms with Crippen LogP contribution in [0.2, 0.25) is 0 Å². The first-order valence-corrected chi connectivity index (χ1v) is 12.1. The second-order valence-corrected chi connectivity index (χ2v) is 9.91. The lowest BCUT2D eigenvalue weighted by molar-refractivity contribution is -0.137. The van der Waals surface area contributed by atoms with E-state index in [0.29, 0.717) is 11.1 Å². The van der Waals surface area contributed by atoms with Crippen LogP contribution in [-0.2, 0) is 33.8 Å². The third-order valence-corrected chi connectivity index (χ3v) is 6.81. The lowest BCUT2D eigenvalue weighted by Gasteiger charge is -2.13. The molecule has 0 fully saturated rings. The second-order valence-electron chi connectivity index (χ2n) is 7.36. The van der Waals surface area contributed by atoms with Crippen LogP contribution in [-0.4, -0.2) is 26.9 Å². The van der Waals surface area contributed by atoms with Gasteiger partial charge in [0.25, 0.3) is 0 Å². The predicted octanol–water partition coefficient (Wildman–Crippen LogP) is 5.63. The van der Waals surface area contributed by atoms with E-state index in [1.165, 1.54) is 34.3 Å². The number of alkyl halides is 6. The molecule has 0 saturated heterocycles. The fraction of sp³-hybridized carbons (Fsp3) is 0.227. The molecule has 0 amide bonds. The van der Waals surface area contributed by atoms with Gasteiger partial charge in [-0.15, -0.1) is 0 Å². The van der Waals surface area contributed by atoms with Crippen molar-refractivity contribution in [2.45, 2.75) is 30.1 Å². The maximum Gasteiger partial charge on any atom is 0.416 e. The molecule has 34 heavy (non-hydrogen) atoms. The van der Waals surface area contributed by atoms with E-state index in [1.54, 1.807) is 16.8 Å². The normalized spacial score (nSPS) is 12.6. The highest BCUT2D eigenvalue weighted by Crippen LogP contribution is 2.31. The minimum atomic E-state index is -4.76. The van der Waals surface area contributed by atoms with Gasteiger partial charge in [-0.05, 0) is 57.3 Å². The summed E-state index contributed by atoms with van der Waals surface area (Å²) in [6.07, 6.45) is -9.99. The van der Waals surface area contributed by atoms with Crippen LogP contribution in [0.1, 0.15) is 16.7 Å². The predicted molar refractivity (Wildman–Crippen MR) is 115 cm³/mol. The van der Waals surface area contributed by atoms with Crippen LogP contribution in [0.5, 0.6) is 0 Å². The molecule has 0 unspecified atom stereocenters. The zero-order valence-corrected chi connectivity index (χ0v) is 18.8. The first-order chi connectivity index (χ1) is 15.7. The molecule has 0 spiro atoms. The van der Waals surface area contributed by atoms with Gasteiger partial charge in [0, 0.05) is 12.8 Å². The van der Waals surface area contributed by atoms with E-state index < -0.39 is 45.2 Å². The number of carbonyl (C=O) groups excluding carboxylic acids is 1. The molecule has 1 heterocycles. The number of ketones is 1. The number of benzene rings is 2. The highest BCUT2D eigenvalue weighted by Gasteiger charge is 2.31. The highest BCUT2D eigenvalue weighted by molar-refractivity contribution is 7.89. The van der Waals surface area contributed by atoms with Crippen LogP contribution in [0.25, 0.3) is 11.1 Å². The van der Waals surface area contributed by atoms with Gasteiger partial charge >= 0.3 is 12.4 Å². The summed E-state index contributed by atoms with van der Waals surface area (Å²) in [5, 5.41) is 3.49. The van der Waals surface area contributed by atoms with Crippen molar-refractivity contribution in [2.24, 2.45) is 0 Å². The van der Waals surface area contributed by atoms with Crippen molar-refractivity contribution in [2.75, 3.05) is 6.54 Å². The van der Waals surface area contributed by atoms with Crippen molar-refractivity contribution >= 4 is 27.1 Å². The smallest absolute Gasteiger partial charge is 0.299 e. The SMILES string of the molecule is O=C(Cc1cccc(C(F)(F)F)c1)Cc1cc(S(=O)(=O)NCC(F)(F)F)ccc1-c1ccsc1. The van der Waals surface area contributed by atoms with Crippen molar-refractivity contribution in [3.63, 3.8) is 0 Å². The molecule has 1 aromatic heterocycles. The number of carbonyl (C=O) groups is 1. The van der Waals surface area contributed by atoms with Crippen molar-refractivity contribution in [1.82, 2.24) is 4.72 Å². The van der Waals surface area contributed by atoms with E-state index in [-0.39, 0.29) is 24.0 Å². The Morgan fingerprint density at radius 2 is 1.68 bits per heavy atom. The molecule has 12 heteroatoms. The van der Waals surface area contributed by atoms with Gasteiger partial charge in [-0.3, -0.25) is 4.79 Å². The third-order valence-electron chi connectivity index (χ3n) is 4.73. The zero-order valence-electron chi connectivity index (χ0n) is 17.2. The number of hydrogen-bond acceptors (Lipinski definition) is 4. The number of hydrogen-bond donors (Lipinski definition) is 1. The largest absolute Gasteiger partial charge is 0.416 e. The fourth-order valence-corrected chi connectivity index (χ4v) is 4.92. The van der Waals surface area contributed by atoms with E-state index >= 15 is 0 Å². The van der Waals surface area contributed by atoms with Crippen LogP contribution in [0.15, 0.2) is 64.2 Å². The number of thiophene rings is 1. The molecule has 3 rings (SSSR count). The zero-order chi connectivity index (χ0) is 25.1. The maximum absolute atomic E-state index is 12.9. The Labute approximate surface area is 195 Å². The Morgan fingerprint density at radius 3 is 2.29 bits per heavy atom. The summed E-state index contributed by atoms with van der Waals surface area (Å²) in [6, 6.07) is 9.64. The lowest BCUT2D eigenvalue weighted by atomic mass is 9.95. The van der Waals surface area contributed by atoms with Gasteiger partial charge in [0.05, 0.1) is 10.5 Å². The van der Waals surface area contributed by atoms with Gasteiger partial charge in [-0.1, -0.05) is 24.3 Å². The molecule has 0 radical (unpaired) electrons. The molecule has 4 nitrogen and oxygen atoms in total. The molecule has 0 saturated carbocycles. The lowest BCUT2D eigenvalue weighted by Crippen LogP contribution is -2.33. The Morgan fingerprint density at radius 1 is 0.941 bits per heavy atom. The summed E-state index contributed by atoms with van der Waals surface area (Å²) in [6.45, 7) is -1.76. The number of rotatable bonds is 8. The molecular weight excluding hydrogens is 504 g/mol. The third kappa shape index (κ3) is 6.90. The van der Waals surface area contributed by atoms with Crippen LogP contribution >= 0.6 is 11.3 Å². The first-order valence-electron chi connectivity index (χ1n) is 9.64. The number of nitrogens with one attached hydrogen (secondary N) is 1. The Balaban J connectivity index is 1.89. The Hall–Kier alpha value is -2.70. The maximum atomic E-state index is 12.9. The van der Waals surface area contributed by atoms with E-state index in [9.17, 15) is 39.6 Å². The van der Waals surface area contributed by atoms with E-state index in [1.807, 2.05) is 0 Å². The van der Waals surface area contributed by atoms with E-state index in [4.69, 9.17) is 0 Å². The van der Waals surface area contributed by atoms with Gasteiger partial charge in [-0.25, -0.2) is 13.1 Å². The van der Waals surface area contributed by atoms with Crippen LogP contribution in [0.4, 0.5) is 26.3 Å². The van der Waals surface area contributed by atoms with Crippen molar-refractivity contribution < 1.29 is 39.6 Å². The van der Waals surface area contributed by atoms with Gasteiger partial charge in [0.2, 0.25) is 10.0 Å². The topological polar surface area (TPSA) is 63.2 Å². The Bertz CT molecular complexity index is 1270. The average molecular weight is 522 g/mol. The molecule has 0 aliphatic carbocycles. The summed E-state index contributed by atoms with van der Waals surface area (Å²) in [5.41, 5.74) is 0.617. The molecule has 182 valence electrons. The monoisotopic (exact) mass is 521 g/mol. The second kappa shape index (κ2) is 9.88. The molecule has 0 aliphatic rings. The quantitative estimate of drug-likeness (QED) is 0.391. The van der Waals surface area contributed by atoms with Crippen LogP contribution in [0.3, 0.4) is 0 Å². The number of sulfonamides is 1. The summed E-state index contributed by atoms with van der Waals surface area (Å²) in [4.78, 5) is 12.2. The van der Waals surface area contributed by atoms with Crippen LogP contribution in [0, 0.1) is 0 Å². The summed E-state index contributed by atoms with van der Waals surface area (Å²) in [5.74, 6) is -0.492. The minimum Gasteiger partial charge on any atom is -0.299 e. The summed E-state index contributed by atoms with van der Waals surface area (Å²) >= 11 is 1.34. The summed E-state index contributed by atoms with van der Waals surface area (Å²) < 4.78 is 102.